The minimum atomic E-state index is -0.411. The molecule has 4 nitrogen and oxygen atoms in total. The molecule has 0 spiro atoms. The first-order valence-electron chi connectivity index (χ1n) is 11.9. The number of ketones is 1. The van der Waals surface area contributed by atoms with Crippen molar-refractivity contribution in [3.8, 4) is 0 Å². The number of Topliss-reactive ketones (excluding diaryl/α,β-unsaturated/α-hetero) is 1. The van der Waals surface area contributed by atoms with E-state index in [0.29, 0.717) is 37.4 Å². The molecule has 182 valence electrons. The Balaban J connectivity index is 1.46. The Morgan fingerprint density at radius 2 is 1.69 bits per heavy atom. The van der Waals surface area contributed by atoms with Gasteiger partial charge in [0.05, 0.1) is 36.8 Å². The maximum Gasteiger partial charge on any atom is 0.169 e. The van der Waals surface area contributed by atoms with E-state index in [-0.39, 0.29) is 24.1 Å². The van der Waals surface area contributed by atoms with Gasteiger partial charge in [-0.25, -0.2) is 4.39 Å². The summed E-state index contributed by atoms with van der Waals surface area (Å²) in [6, 6.07) is 25.6. The minimum absolute atomic E-state index is 0.0141. The summed E-state index contributed by atoms with van der Waals surface area (Å²) in [6.07, 6.45) is 1.44. The van der Waals surface area contributed by atoms with Gasteiger partial charge in [0.2, 0.25) is 0 Å². The molecule has 2 atom stereocenters. The maximum atomic E-state index is 14.6. The molecule has 1 heterocycles. The molecule has 0 unspecified atom stereocenters. The molecule has 0 saturated carbocycles. The van der Waals surface area contributed by atoms with Gasteiger partial charge in [0.1, 0.15) is 5.82 Å². The predicted octanol–water partition coefficient (Wildman–Crippen LogP) is 6.67. The predicted molar refractivity (Wildman–Crippen MR) is 139 cm³/mol. The van der Waals surface area contributed by atoms with E-state index in [4.69, 9.17) is 14.5 Å². The van der Waals surface area contributed by atoms with Gasteiger partial charge < -0.3 is 9.47 Å². The molecule has 6 heteroatoms. The standard InChI is InChI=1S/C29H30FNO3S/c30-26-14-8-7-13-25(26)27-15-17-34-24(21-33-20-22-9-3-1-4-10-22)16-18-35-29(31-27)19-28(32)23-11-5-2-6-12-23/h1-14,24,27H,15-21H2/t24-,27+/m0/s1. The van der Waals surface area contributed by atoms with Crippen LogP contribution in [0.3, 0.4) is 0 Å². The normalized spacial score (nSPS) is 19.1. The van der Waals surface area contributed by atoms with E-state index in [0.717, 1.165) is 22.8 Å². The van der Waals surface area contributed by atoms with Crippen molar-refractivity contribution < 1.29 is 18.7 Å². The second kappa shape index (κ2) is 13.3. The number of carbonyl (C=O) groups excluding carboxylic acids is 1. The second-order valence-electron chi connectivity index (χ2n) is 8.45. The molecule has 1 aliphatic rings. The molecule has 0 amide bonds. The molecule has 0 aromatic heterocycles. The zero-order valence-electron chi connectivity index (χ0n) is 19.6. The lowest BCUT2D eigenvalue weighted by molar-refractivity contribution is -0.0246. The topological polar surface area (TPSA) is 47.9 Å². The zero-order valence-corrected chi connectivity index (χ0v) is 20.5. The van der Waals surface area contributed by atoms with E-state index in [9.17, 15) is 9.18 Å². The largest absolute Gasteiger partial charge is 0.376 e. The van der Waals surface area contributed by atoms with Crippen LogP contribution in [-0.2, 0) is 16.1 Å². The molecule has 35 heavy (non-hydrogen) atoms. The average Bonchev–Trinajstić information content (AvgIpc) is 2.89. The van der Waals surface area contributed by atoms with Crippen molar-refractivity contribution in [1.29, 1.82) is 0 Å². The van der Waals surface area contributed by atoms with Gasteiger partial charge in [-0.1, -0.05) is 78.9 Å². The summed E-state index contributed by atoms with van der Waals surface area (Å²) < 4.78 is 26.7. The monoisotopic (exact) mass is 491 g/mol. The Labute approximate surface area is 210 Å². The highest BCUT2D eigenvalue weighted by molar-refractivity contribution is 8.14. The van der Waals surface area contributed by atoms with E-state index >= 15 is 0 Å². The van der Waals surface area contributed by atoms with Crippen LogP contribution < -0.4 is 0 Å². The summed E-state index contributed by atoms with van der Waals surface area (Å²) in [4.78, 5) is 17.8. The van der Waals surface area contributed by atoms with Crippen molar-refractivity contribution in [1.82, 2.24) is 0 Å². The summed E-state index contributed by atoms with van der Waals surface area (Å²) in [5.74, 6) is 0.463. The summed E-state index contributed by atoms with van der Waals surface area (Å²) in [7, 11) is 0. The SMILES string of the molecule is O=C(CC1=N[C@@H](c2ccccc2F)CCO[C@H](COCc2ccccc2)CCS1)c1ccccc1. The number of hydrogen-bond donors (Lipinski definition) is 0. The third kappa shape index (κ3) is 7.85. The van der Waals surface area contributed by atoms with Crippen molar-refractivity contribution in [2.75, 3.05) is 19.0 Å². The van der Waals surface area contributed by atoms with Crippen molar-refractivity contribution in [2.24, 2.45) is 4.99 Å². The number of aliphatic imine (C=N–C) groups is 1. The molecule has 0 saturated heterocycles. The van der Waals surface area contributed by atoms with E-state index in [1.807, 2.05) is 66.7 Å². The van der Waals surface area contributed by atoms with E-state index in [1.165, 1.54) is 6.07 Å². The molecule has 0 aliphatic carbocycles. The molecule has 3 aromatic rings. The summed E-state index contributed by atoms with van der Waals surface area (Å²) in [6.45, 7) is 1.45. The van der Waals surface area contributed by atoms with Crippen LogP contribution in [0.15, 0.2) is 89.9 Å². The highest BCUT2D eigenvalue weighted by atomic mass is 32.2. The summed E-state index contributed by atoms with van der Waals surface area (Å²) in [5.41, 5.74) is 2.31. The van der Waals surface area contributed by atoms with Crippen LogP contribution in [0, 0.1) is 5.82 Å². The van der Waals surface area contributed by atoms with Crippen molar-refractivity contribution in [2.45, 2.75) is 38.0 Å². The smallest absolute Gasteiger partial charge is 0.169 e. The minimum Gasteiger partial charge on any atom is -0.376 e. The molecule has 3 aromatic carbocycles. The number of nitrogens with zero attached hydrogens (tertiary/aromatic N) is 1. The Hall–Kier alpha value is -2.80. The van der Waals surface area contributed by atoms with Gasteiger partial charge in [0.25, 0.3) is 0 Å². The number of halogens is 1. The van der Waals surface area contributed by atoms with Gasteiger partial charge in [-0.15, -0.1) is 11.8 Å². The van der Waals surface area contributed by atoms with Crippen LogP contribution in [0.4, 0.5) is 4.39 Å². The molecular weight excluding hydrogens is 461 g/mol. The van der Waals surface area contributed by atoms with Crippen molar-refractivity contribution in [3.05, 3.63) is 107 Å². The van der Waals surface area contributed by atoms with Crippen molar-refractivity contribution in [3.63, 3.8) is 0 Å². The summed E-state index contributed by atoms with van der Waals surface area (Å²) in [5, 5.41) is 0.734. The zero-order chi connectivity index (χ0) is 24.3. The molecule has 0 fully saturated rings. The lowest BCUT2D eigenvalue weighted by atomic mass is 10.0. The fourth-order valence-corrected chi connectivity index (χ4v) is 5.01. The van der Waals surface area contributed by atoms with Gasteiger partial charge in [0.15, 0.2) is 5.78 Å². The maximum absolute atomic E-state index is 14.6. The van der Waals surface area contributed by atoms with Gasteiger partial charge in [-0.2, -0.15) is 0 Å². The number of ether oxygens (including phenoxy) is 2. The summed E-state index contributed by atoms with van der Waals surface area (Å²) >= 11 is 1.55. The highest BCUT2D eigenvalue weighted by Crippen LogP contribution is 2.28. The fourth-order valence-electron chi connectivity index (χ4n) is 3.96. The molecule has 0 bridgehead atoms. The Kier molecular flexibility index (Phi) is 9.64. The van der Waals surface area contributed by atoms with E-state index < -0.39 is 6.04 Å². The number of benzene rings is 3. The molecular formula is C29H30FNO3S. The quantitative estimate of drug-likeness (QED) is 0.330. The third-order valence-electron chi connectivity index (χ3n) is 5.84. The van der Waals surface area contributed by atoms with Gasteiger partial charge in [-0.05, 0) is 24.5 Å². The second-order valence-corrected chi connectivity index (χ2v) is 9.61. The van der Waals surface area contributed by atoms with Crippen LogP contribution in [0.2, 0.25) is 0 Å². The number of thioether (sulfide) groups is 1. The number of hydrogen-bond acceptors (Lipinski definition) is 5. The fraction of sp³-hybridized carbons (Fsp3) is 0.310. The Morgan fingerprint density at radius 1 is 0.971 bits per heavy atom. The van der Waals surface area contributed by atoms with Gasteiger partial charge in [0, 0.05) is 23.5 Å². The van der Waals surface area contributed by atoms with Crippen molar-refractivity contribution >= 4 is 22.6 Å². The van der Waals surface area contributed by atoms with Gasteiger partial charge in [-0.3, -0.25) is 9.79 Å². The average molecular weight is 492 g/mol. The third-order valence-corrected chi connectivity index (χ3v) is 6.86. The van der Waals surface area contributed by atoms with Crippen LogP contribution in [0.1, 0.15) is 46.8 Å². The first-order valence-corrected chi connectivity index (χ1v) is 12.9. The molecule has 0 N–H and O–H groups in total. The van der Waals surface area contributed by atoms with E-state index in [2.05, 4.69) is 0 Å². The molecule has 4 rings (SSSR count). The highest BCUT2D eigenvalue weighted by Gasteiger charge is 2.21. The number of rotatable bonds is 8. The first-order chi connectivity index (χ1) is 17.2. The molecule has 1 aliphatic heterocycles. The van der Waals surface area contributed by atoms with Gasteiger partial charge >= 0.3 is 0 Å². The Bertz CT molecular complexity index is 1110. The van der Waals surface area contributed by atoms with Crippen LogP contribution >= 0.6 is 11.8 Å². The number of carbonyl (C=O) groups is 1. The first kappa shape index (κ1) is 25.3. The van der Waals surface area contributed by atoms with Crippen LogP contribution in [0.5, 0.6) is 0 Å². The van der Waals surface area contributed by atoms with Crippen LogP contribution in [0.25, 0.3) is 0 Å². The molecule has 0 radical (unpaired) electrons. The van der Waals surface area contributed by atoms with E-state index in [1.54, 1.807) is 23.9 Å². The lowest BCUT2D eigenvalue weighted by Gasteiger charge is -2.23. The lowest BCUT2D eigenvalue weighted by Crippen LogP contribution is -2.23. The van der Waals surface area contributed by atoms with Crippen LogP contribution in [-0.4, -0.2) is 35.9 Å². The Morgan fingerprint density at radius 3 is 2.46 bits per heavy atom.